The minimum Gasteiger partial charge on any atom is -0.403 e. The lowest BCUT2D eigenvalue weighted by atomic mass is 9.76. The van der Waals surface area contributed by atoms with E-state index >= 15 is 0 Å². The Kier molecular flexibility index (Phi) is 4.46. The fourth-order valence-electron chi connectivity index (χ4n) is 1.51. The Morgan fingerprint density at radius 1 is 0.944 bits per heavy atom. The van der Waals surface area contributed by atoms with Crippen LogP contribution < -0.4 is 11.2 Å². The Bertz CT molecular complexity index is 378. The molecule has 1 rings (SSSR count). The van der Waals surface area contributed by atoms with Crippen LogP contribution in [0.3, 0.4) is 0 Å². The molecule has 0 atom stereocenters. The molecule has 0 radical (unpaired) electrons. The molecule has 2 N–H and O–H groups in total. The summed E-state index contributed by atoms with van der Waals surface area (Å²) in [5.41, 5.74) is 6.92. The van der Waals surface area contributed by atoms with Crippen molar-refractivity contribution in [2.45, 2.75) is 52.7 Å². The molecule has 18 heavy (non-hydrogen) atoms. The molecular weight excluding hydrogens is 225 g/mol. The second kappa shape index (κ2) is 5.33. The first kappa shape index (κ1) is 15.1. The van der Waals surface area contributed by atoms with Crippen molar-refractivity contribution in [3.05, 3.63) is 24.3 Å². The van der Waals surface area contributed by atoms with Crippen LogP contribution in [0.25, 0.3) is 0 Å². The molecule has 0 aromatic heterocycles. The van der Waals surface area contributed by atoms with Crippen LogP contribution in [0, 0.1) is 0 Å². The highest BCUT2D eigenvalue weighted by Gasteiger charge is 2.31. The minimum atomic E-state index is -0.409. The molecule has 1 aromatic carbocycles. The van der Waals surface area contributed by atoms with Gasteiger partial charge < -0.3 is 15.0 Å². The van der Waals surface area contributed by atoms with E-state index in [1.165, 1.54) is 0 Å². The number of nitrogens with two attached hydrogens (primary N) is 1. The maximum absolute atomic E-state index is 5.98. The third-order valence-electron chi connectivity index (χ3n) is 2.10. The monoisotopic (exact) mass is 249 g/mol. The Hall–Kier alpha value is -0.995. The quantitative estimate of drug-likeness (QED) is 0.661. The number of rotatable bonds is 3. The molecule has 0 fully saturated rings. The van der Waals surface area contributed by atoms with Crippen molar-refractivity contribution in [2.75, 3.05) is 5.73 Å². The van der Waals surface area contributed by atoms with E-state index in [0.29, 0.717) is 5.69 Å². The van der Waals surface area contributed by atoms with Crippen LogP contribution in [0.5, 0.6) is 0 Å². The van der Waals surface area contributed by atoms with Gasteiger partial charge >= 0.3 is 7.12 Å². The van der Waals surface area contributed by atoms with Crippen molar-refractivity contribution in [3.63, 3.8) is 0 Å². The average Bonchev–Trinajstić information content (AvgIpc) is 2.12. The Labute approximate surface area is 111 Å². The normalized spacial score (nSPS) is 12.6. The molecule has 0 heterocycles. The van der Waals surface area contributed by atoms with E-state index in [1.807, 2.05) is 65.8 Å². The summed E-state index contributed by atoms with van der Waals surface area (Å²) in [6.07, 6.45) is 0. The molecule has 0 spiro atoms. The van der Waals surface area contributed by atoms with E-state index in [1.54, 1.807) is 0 Å². The summed E-state index contributed by atoms with van der Waals surface area (Å²) in [5, 5.41) is 0. The highest BCUT2D eigenvalue weighted by Crippen LogP contribution is 2.16. The van der Waals surface area contributed by atoms with Crippen LogP contribution in [0.1, 0.15) is 41.5 Å². The van der Waals surface area contributed by atoms with Gasteiger partial charge in [-0.2, -0.15) is 0 Å². The number of benzene rings is 1. The van der Waals surface area contributed by atoms with Crippen LogP contribution in [-0.4, -0.2) is 18.3 Å². The highest BCUT2D eigenvalue weighted by molar-refractivity contribution is 6.61. The third-order valence-corrected chi connectivity index (χ3v) is 2.10. The van der Waals surface area contributed by atoms with E-state index in [9.17, 15) is 0 Å². The van der Waals surface area contributed by atoms with Gasteiger partial charge in [0, 0.05) is 16.9 Å². The maximum Gasteiger partial charge on any atom is 0.494 e. The maximum atomic E-state index is 5.98. The smallest absolute Gasteiger partial charge is 0.403 e. The highest BCUT2D eigenvalue weighted by atomic mass is 16.6. The summed E-state index contributed by atoms with van der Waals surface area (Å²) in [5.74, 6) is 0. The van der Waals surface area contributed by atoms with Gasteiger partial charge in [0.15, 0.2) is 0 Å². The van der Waals surface area contributed by atoms with Crippen molar-refractivity contribution in [1.82, 2.24) is 0 Å². The van der Waals surface area contributed by atoms with Crippen molar-refractivity contribution >= 4 is 18.3 Å². The number of nitrogen functional groups attached to an aromatic ring is 1. The average molecular weight is 249 g/mol. The Morgan fingerprint density at radius 2 is 1.44 bits per heavy atom. The SMILES string of the molecule is CC(C)(C)OB(OC(C)(C)C)c1cccc(N)c1. The molecule has 100 valence electrons. The largest absolute Gasteiger partial charge is 0.494 e. The molecule has 1 aromatic rings. The van der Waals surface area contributed by atoms with E-state index in [4.69, 9.17) is 15.0 Å². The molecule has 0 amide bonds. The molecule has 4 heteroatoms. The van der Waals surface area contributed by atoms with Gasteiger partial charge in [-0.05, 0) is 59.1 Å². The van der Waals surface area contributed by atoms with Crippen LogP contribution >= 0.6 is 0 Å². The molecule has 0 saturated heterocycles. The number of hydrogen-bond donors (Lipinski definition) is 1. The van der Waals surface area contributed by atoms with Crippen molar-refractivity contribution in [3.8, 4) is 0 Å². The fraction of sp³-hybridized carbons (Fsp3) is 0.571. The van der Waals surface area contributed by atoms with Gasteiger partial charge in [0.1, 0.15) is 0 Å². The zero-order valence-electron chi connectivity index (χ0n) is 12.3. The lowest BCUT2D eigenvalue weighted by molar-refractivity contribution is 0.0409. The number of hydrogen-bond acceptors (Lipinski definition) is 3. The fourth-order valence-corrected chi connectivity index (χ4v) is 1.51. The van der Waals surface area contributed by atoms with Gasteiger partial charge in [-0.3, -0.25) is 0 Å². The van der Waals surface area contributed by atoms with E-state index in [-0.39, 0.29) is 11.2 Å². The molecule has 3 nitrogen and oxygen atoms in total. The van der Waals surface area contributed by atoms with Gasteiger partial charge in [-0.15, -0.1) is 0 Å². The first-order chi connectivity index (χ1) is 8.07. The second-order valence-electron chi connectivity index (χ2n) is 6.46. The zero-order valence-corrected chi connectivity index (χ0v) is 12.3. The van der Waals surface area contributed by atoms with Gasteiger partial charge in [0.2, 0.25) is 0 Å². The van der Waals surface area contributed by atoms with Crippen molar-refractivity contribution in [2.24, 2.45) is 0 Å². The Morgan fingerprint density at radius 3 is 1.83 bits per heavy atom. The van der Waals surface area contributed by atoms with Gasteiger partial charge in [-0.25, -0.2) is 0 Å². The minimum absolute atomic E-state index is 0.277. The first-order valence-corrected chi connectivity index (χ1v) is 6.28. The molecule has 0 aliphatic heterocycles. The lowest BCUT2D eigenvalue weighted by Gasteiger charge is -2.30. The van der Waals surface area contributed by atoms with E-state index in [2.05, 4.69) is 0 Å². The number of anilines is 1. The standard InChI is InChI=1S/C14H24BNO2/c1-13(2,3)17-15(18-14(4,5)6)11-8-7-9-12(16)10-11/h7-10H,16H2,1-6H3. The zero-order chi connectivity index (χ0) is 14.0. The predicted molar refractivity (Wildman–Crippen MR) is 77.9 cm³/mol. The molecule has 0 aliphatic rings. The van der Waals surface area contributed by atoms with Crippen LogP contribution in [-0.2, 0) is 9.31 Å². The molecule has 0 unspecified atom stereocenters. The summed E-state index contributed by atoms with van der Waals surface area (Å²) >= 11 is 0. The summed E-state index contributed by atoms with van der Waals surface area (Å²) in [4.78, 5) is 0. The topological polar surface area (TPSA) is 44.5 Å². The van der Waals surface area contributed by atoms with Crippen molar-refractivity contribution in [1.29, 1.82) is 0 Å². The molecule has 0 saturated carbocycles. The van der Waals surface area contributed by atoms with Crippen LogP contribution in [0.2, 0.25) is 0 Å². The van der Waals surface area contributed by atoms with Crippen LogP contribution in [0.4, 0.5) is 5.69 Å². The summed E-state index contributed by atoms with van der Waals surface area (Å²) < 4.78 is 12.0. The summed E-state index contributed by atoms with van der Waals surface area (Å²) in [6, 6.07) is 7.63. The van der Waals surface area contributed by atoms with Gasteiger partial charge in [-0.1, -0.05) is 12.1 Å². The first-order valence-electron chi connectivity index (χ1n) is 6.28. The summed E-state index contributed by atoms with van der Waals surface area (Å²) in [7, 11) is -0.409. The van der Waals surface area contributed by atoms with Crippen molar-refractivity contribution < 1.29 is 9.31 Å². The lowest BCUT2D eigenvalue weighted by Crippen LogP contribution is -2.46. The predicted octanol–water partition coefficient (Wildman–Crippen LogP) is 2.59. The van der Waals surface area contributed by atoms with Crippen LogP contribution in [0.15, 0.2) is 24.3 Å². The third kappa shape index (κ3) is 5.56. The second-order valence-corrected chi connectivity index (χ2v) is 6.46. The summed E-state index contributed by atoms with van der Waals surface area (Å²) in [6.45, 7) is 12.1. The Balaban J connectivity index is 2.97. The molecule has 0 bridgehead atoms. The molecule has 0 aliphatic carbocycles. The van der Waals surface area contributed by atoms with Gasteiger partial charge in [0.05, 0.1) is 0 Å². The van der Waals surface area contributed by atoms with E-state index in [0.717, 1.165) is 5.46 Å². The van der Waals surface area contributed by atoms with E-state index < -0.39 is 7.12 Å². The molecular formula is C14H24BNO2. The van der Waals surface area contributed by atoms with Gasteiger partial charge in [0.25, 0.3) is 0 Å².